The molecule has 0 radical (unpaired) electrons. The van der Waals surface area contributed by atoms with Gasteiger partial charge in [0.15, 0.2) is 11.0 Å². The summed E-state index contributed by atoms with van der Waals surface area (Å²) in [5, 5.41) is 9.59. The van der Waals surface area contributed by atoms with E-state index in [0.29, 0.717) is 16.0 Å². The van der Waals surface area contributed by atoms with Crippen LogP contribution in [-0.4, -0.2) is 33.5 Å². The number of aromatic nitrogens is 3. The Balaban J connectivity index is 2.12. The fourth-order valence-corrected chi connectivity index (χ4v) is 3.19. The second kappa shape index (κ2) is 7.58. The summed E-state index contributed by atoms with van der Waals surface area (Å²) in [6.45, 7) is 0. The third-order valence-corrected chi connectivity index (χ3v) is 4.70. The Morgan fingerprint density at radius 3 is 2.56 bits per heavy atom. The lowest BCUT2D eigenvalue weighted by atomic mass is 10.2. The Bertz CT molecular complexity index is 896. The smallest absolute Gasteiger partial charge is 0.227 e. The third-order valence-electron chi connectivity index (χ3n) is 3.42. The van der Waals surface area contributed by atoms with Gasteiger partial charge in [0.2, 0.25) is 5.91 Å². The SMILES string of the molecule is COc1ccc(-n2c(SCC(N)=O)nnc2-c2ccccc2Cl)cc1. The Morgan fingerprint density at radius 2 is 1.92 bits per heavy atom. The normalized spacial score (nSPS) is 10.6. The van der Waals surface area contributed by atoms with Crippen molar-refractivity contribution in [2.45, 2.75) is 5.16 Å². The Hall–Kier alpha value is -2.51. The van der Waals surface area contributed by atoms with Crippen LogP contribution in [0.2, 0.25) is 5.02 Å². The van der Waals surface area contributed by atoms with Gasteiger partial charge in [-0.05, 0) is 36.4 Å². The largest absolute Gasteiger partial charge is 0.497 e. The highest BCUT2D eigenvalue weighted by molar-refractivity contribution is 7.99. The highest BCUT2D eigenvalue weighted by Gasteiger charge is 2.18. The monoisotopic (exact) mass is 374 g/mol. The van der Waals surface area contributed by atoms with E-state index in [1.165, 1.54) is 11.8 Å². The molecule has 0 aliphatic rings. The zero-order chi connectivity index (χ0) is 17.8. The Kier molecular flexibility index (Phi) is 5.25. The molecule has 0 atom stereocenters. The average Bonchev–Trinajstić information content (AvgIpc) is 3.04. The fourth-order valence-electron chi connectivity index (χ4n) is 2.28. The van der Waals surface area contributed by atoms with Crippen molar-refractivity contribution in [3.05, 3.63) is 53.6 Å². The molecule has 1 heterocycles. The summed E-state index contributed by atoms with van der Waals surface area (Å²) in [5.74, 6) is 1.01. The zero-order valence-corrected chi connectivity index (χ0v) is 14.9. The molecule has 6 nitrogen and oxygen atoms in total. The molecule has 3 rings (SSSR count). The second-order valence-electron chi connectivity index (χ2n) is 5.07. The molecule has 8 heteroatoms. The number of hydrogen-bond acceptors (Lipinski definition) is 5. The van der Waals surface area contributed by atoms with Gasteiger partial charge in [0.1, 0.15) is 5.75 Å². The van der Waals surface area contributed by atoms with Crippen LogP contribution in [0.3, 0.4) is 0 Å². The fraction of sp³-hybridized carbons (Fsp3) is 0.118. The van der Waals surface area contributed by atoms with Gasteiger partial charge in [-0.2, -0.15) is 0 Å². The van der Waals surface area contributed by atoms with Crippen molar-refractivity contribution in [3.8, 4) is 22.8 Å². The third kappa shape index (κ3) is 3.78. The first-order valence-electron chi connectivity index (χ1n) is 7.36. The summed E-state index contributed by atoms with van der Waals surface area (Å²) < 4.78 is 7.04. The molecule has 0 saturated carbocycles. The van der Waals surface area contributed by atoms with E-state index in [2.05, 4.69) is 10.2 Å². The van der Waals surface area contributed by atoms with Crippen molar-refractivity contribution in [1.82, 2.24) is 14.8 Å². The van der Waals surface area contributed by atoms with Crippen molar-refractivity contribution in [2.24, 2.45) is 5.73 Å². The van der Waals surface area contributed by atoms with Gasteiger partial charge in [0.05, 0.1) is 17.9 Å². The number of hydrogen-bond donors (Lipinski definition) is 1. The number of halogens is 1. The molecule has 0 fully saturated rings. The van der Waals surface area contributed by atoms with Crippen LogP contribution >= 0.6 is 23.4 Å². The number of nitrogens with two attached hydrogens (primary N) is 1. The number of rotatable bonds is 6. The molecule has 128 valence electrons. The van der Waals surface area contributed by atoms with Crippen molar-refractivity contribution < 1.29 is 9.53 Å². The van der Waals surface area contributed by atoms with Gasteiger partial charge in [-0.3, -0.25) is 9.36 Å². The minimum atomic E-state index is -0.423. The van der Waals surface area contributed by atoms with E-state index < -0.39 is 5.91 Å². The zero-order valence-electron chi connectivity index (χ0n) is 13.3. The molecule has 1 amide bonds. The number of primary amides is 1. The summed E-state index contributed by atoms with van der Waals surface area (Å²) in [6, 6.07) is 14.8. The second-order valence-corrected chi connectivity index (χ2v) is 6.42. The van der Waals surface area contributed by atoms with Gasteiger partial charge in [0.25, 0.3) is 0 Å². The van der Waals surface area contributed by atoms with Gasteiger partial charge >= 0.3 is 0 Å². The maximum Gasteiger partial charge on any atom is 0.227 e. The van der Waals surface area contributed by atoms with Crippen LogP contribution < -0.4 is 10.5 Å². The van der Waals surface area contributed by atoms with Crippen molar-refractivity contribution in [2.75, 3.05) is 12.9 Å². The van der Waals surface area contributed by atoms with Crippen LogP contribution in [0.5, 0.6) is 5.75 Å². The van der Waals surface area contributed by atoms with Crippen LogP contribution in [0.4, 0.5) is 0 Å². The predicted molar refractivity (Wildman–Crippen MR) is 98.3 cm³/mol. The minimum Gasteiger partial charge on any atom is -0.497 e. The van der Waals surface area contributed by atoms with E-state index in [-0.39, 0.29) is 5.75 Å². The maximum absolute atomic E-state index is 11.1. The summed E-state index contributed by atoms with van der Waals surface area (Å²) in [7, 11) is 1.61. The molecule has 0 aliphatic carbocycles. The maximum atomic E-state index is 11.1. The number of amides is 1. The number of carbonyl (C=O) groups excluding carboxylic acids is 1. The van der Waals surface area contributed by atoms with Crippen molar-refractivity contribution in [1.29, 1.82) is 0 Å². The standard InChI is InChI=1S/C17H15ClN4O2S/c1-24-12-8-6-11(7-9-12)22-16(13-4-2-3-5-14(13)18)20-21-17(22)25-10-15(19)23/h2-9H,10H2,1H3,(H2,19,23). The summed E-state index contributed by atoms with van der Waals surface area (Å²) >= 11 is 7.54. The number of methoxy groups -OCH3 is 1. The van der Waals surface area contributed by atoms with E-state index in [4.69, 9.17) is 22.1 Å². The highest BCUT2D eigenvalue weighted by atomic mass is 35.5. The molecule has 1 aromatic heterocycles. The molecular formula is C17H15ClN4O2S. The minimum absolute atomic E-state index is 0.108. The molecule has 0 saturated heterocycles. The van der Waals surface area contributed by atoms with E-state index >= 15 is 0 Å². The Labute approximate surface area is 154 Å². The van der Waals surface area contributed by atoms with E-state index in [9.17, 15) is 4.79 Å². The summed E-state index contributed by atoms with van der Waals surface area (Å²) in [6.07, 6.45) is 0. The number of ether oxygens (including phenoxy) is 1. The van der Waals surface area contributed by atoms with Crippen molar-refractivity contribution in [3.63, 3.8) is 0 Å². The number of thioether (sulfide) groups is 1. The summed E-state index contributed by atoms with van der Waals surface area (Å²) in [5.41, 5.74) is 6.83. The molecule has 0 spiro atoms. The molecule has 3 aromatic rings. The number of benzene rings is 2. The van der Waals surface area contributed by atoms with Gasteiger partial charge in [-0.1, -0.05) is 35.5 Å². The van der Waals surface area contributed by atoms with Crippen LogP contribution in [0, 0.1) is 0 Å². The first-order chi connectivity index (χ1) is 12.1. The molecule has 2 N–H and O–H groups in total. The van der Waals surface area contributed by atoms with E-state index in [1.54, 1.807) is 13.2 Å². The molecule has 2 aromatic carbocycles. The lowest BCUT2D eigenvalue weighted by Crippen LogP contribution is -2.13. The van der Waals surface area contributed by atoms with Crippen LogP contribution in [0.25, 0.3) is 17.1 Å². The van der Waals surface area contributed by atoms with Crippen LogP contribution in [0.15, 0.2) is 53.7 Å². The van der Waals surface area contributed by atoms with Gasteiger partial charge in [-0.15, -0.1) is 10.2 Å². The Morgan fingerprint density at radius 1 is 1.20 bits per heavy atom. The average molecular weight is 375 g/mol. The van der Waals surface area contributed by atoms with Crippen LogP contribution in [0.1, 0.15) is 0 Å². The van der Waals surface area contributed by atoms with E-state index in [0.717, 1.165) is 17.0 Å². The summed E-state index contributed by atoms with van der Waals surface area (Å²) in [4.78, 5) is 11.1. The van der Waals surface area contributed by atoms with Crippen molar-refractivity contribution >= 4 is 29.3 Å². The van der Waals surface area contributed by atoms with Crippen LogP contribution in [-0.2, 0) is 4.79 Å². The molecule has 0 bridgehead atoms. The molecular weight excluding hydrogens is 360 g/mol. The lowest BCUT2D eigenvalue weighted by Gasteiger charge is -2.11. The lowest BCUT2D eigenvalue weighted by molar-refractivity contribution is -0.115. The van der Waals surface area contributed by atoms with E-state index in [1.807, 2.05) is 47.0 Å². The van der Waals surface area contributed by atoms with Gasteiger partial charge in [-0.25, -0.2) is 0 Å². The first-order valence-corrected chi connectivity index (χ1v) is 8.72. The topological polar surface area (TPSA) is 83.0 Å². The number of carbonyl (C=O) groups is 1. The highest BCUT2D eigenvalue weighted by Crippen LogP contribution is 2.32. The predicted octanol–water partition coefficient (Wildman–Crippen LogP) is 3.17. The molecule has 0 unspecified atom stereocenters. The first kappa shape index (κ1) is 17.3. The van der Waals surface area contributed by atoms with Gasteiger partial charge < -0.3 is 10.5 Å². The molecule has 25 heavy (non-hydrogen) atoms. The molecule has 0 aliphatic heterocycles. The quantitative estimate of drug-likeness (QED) is 0.670. The number of nitrogens with zero attached hydrogens (tertiary/aromatic N) is 3. The van der Waals surface area contributed by atoms with Gasteiger partial charge in [0, 0.05) is 11.3 Å².